The van der Waals surface area contributed by atoms with Crippen molar-refractivity contribution in [3.8, 4) is 17.2 Å². The van der Waals surface area contributed by atoms with Crippen molar-refractivity contribution in [2.24, 2.45) is 0 Å². The van der Waals surface area contributed by atoms with E-state index in [-0.39, 0.29) is 0 Å². The Morgan fingerprint density at radius 1 is 1.00 bits per heavy atom. The molecule has 3 nitrogen and oxygen atoms in total. The molecule has 0 fully saturated rings. The molecule has 0 spiro atoms. The van der Waals surface area contributed by atoms with Crippen LogP contribution in [0.4, 0.5) is 0 Å². The monoisotopic (exact) mass is 272 g/mol. The van der Waals surface area contributed by atoms with Gasteiger partial charge in [0.05, 0.1) is 21.3 Å². The Kier molecular flexibility index (Phi) is 4.49. The Bertz CT molecular complexity index is 336. The zero-order valence-corrected chi connectivity index (χ0v) is 10.5. The molecule has 82 valence electrons. The quantitative estimate of drug-likeness (QED) is 0.843. The Labute approximate surface area is 97.8 Å². The minimum Gasteiger partial charge on any atom is -0.493 e. The molecule has 1 aromatic carbocycles. The first-order chi connectivity index (χ1) is 7.26. The summed E-state index contributed by atoms with van der Waals surface area (Å²) in [4.78, 5) is 1.77. The van der Waals surface area contributed by atoms with Crippen molar-refractivity contribution in [3.63, 3.8) is 0 Å². The van der Waals surface area contributed by atoms with Crippen LogP contribution in [0.3, 0.4) is 0 Å². The first-order valence-electron chi connectivity index (χ1n) is 4.33. The second kappa shape index (κ2) is 5.66. The van der Waals surface area contributed by atoms with E-state index >= 15 is 0 Å². The van der Waals surface area contributed by atoms with Crippen LogP contribution in [-0.4, -0.2) is 21.3 Å². The summed E-state index contributed by atoms with van der Waals surface area (Å²) in [6.07, 6.45) is 1.89. The van der Waals surface area contributed by atoms with Crippen LogP contribution >= 0.6 is 15.9 Å². The van der Waals surface area contributed by atoms with Crippen LogP contribution in [0.2, 0.25) is 0 Å². The average Bonchev–Trinajstić information content (AvgIpc) is 2.28. The lowest BCUT2D eigenvalue weighted by Crippen LogP contribution is -1.95. The minimum absolute atomic E-state index is 0.603. The molecule has 0 aromatic heterocycles. The normalized spacial score (nSPS) is 10.4. The summed E-state index contributed by atoms with van der Waals surface area (Å²) in [5, 5.41) is 0. The molecule has 0 radical (unpaired) electrons. The van der Waals surface area contributed by atoms with Crippen molar-refractivity contribution in [3.05, 3.63) is 22.7 Å². The van der Waals surface area contributed by atoms with Gasteiger partial charge in [-0.15, -0.1) is 0 Å². The van der Waals surface area contributed by atoms with Crippen molar-refractivity contribution in [1.29, 1.82) is 0 Å². The van der Waals surface area contributed by atoms with Crippen molar-refractivity contribution < 1.29 is 14.2 Å². The minimum atomic E-state index is 0.603. The molecule has 0 aliphatic carbocycles. The Morgan fingerprint density at radius 2 is 1.53 bits per heavy atom. The second-order valence-electron chi connectivity index (χ2n) is 2.75. The van der Waals surface area contributed by atoms with Gasteiger partial charge in [-0.3, -0.25) is 0 Å². The fourth-order valence-corrected chi connectivity index (χ4v) is 1.58. The van der Waals surface area contributed by atoms with Gasteiger partial charge in [0, 0.05) is 0 Å². The van der Waals surface area contributed by atoms with Crippen molar-refractivity contribution in [2.75, 3.05) is 21.3 Å². The molecule has 0 aliphatic rings. The van der Waals surface area contributed by atoms with Crippen LogP contribution in [0.1, 0.15) is 5.56 Å². The van der Waals surface area contributed by atoms with E-state index in [1.54, 1.807) is 26.3 Å². The first kappa shape index (κ1) is 11.9. The highest BCUT2D eigenvalue weighted by Crippen LogP contribution is 2.38. The van der Waals surface area contributed by atoms with Gasteiger partial charge in [0.1, 0.15) is 0 Å². The number of hydrogen-bond donors (Lipinski definition) is 0. The average molecular weight is 273 g/mol. The third-order valence-electron chi connectivity index (χ3n) is 1.94. The van der Waals surface area contributed by atoms with E-state index in [0.29, 0.717) is 17.2 Å². The van der Waals surface area contributed by atoms with Crippen LogP contribution in [0.5, 0.6) is 17.2 Å². The number of methoxy groups -OCH3 is 3. The highest BCUT2D eigenvalue weighted by Gasteiger charge is 2.11. The SMILES string of the molecule is COc1cc(/C=C/Br)cc(OC)c1OC. The molecule has 0 amide bonds. The van der Waals surface area contributed by atoms with Crippen LogP contribution in [0, 0.1) is 0 Å². The lowest BCUT2D eigenvalue weighted by Gasteiger charge is -2.12. The van der Waals surface area contributed by atoms with E-state index in [9.17, 15) is 0 Å². The van der Waals surface area contributed by atoms with Crippen molar-refractivity contribution >= 4 is 22.0 Å². The smallest absolute Gasteiger partial charge is 0.203 e. The van der Waals surface area contributed by atoms with Gasteiger partial charge in [-0.1, -0.05) is 15.9 Å². The van der Waals surface area contributed by atoms with Gasteiger partial charge in [-0.05, 0) is 28.8 Å². The maximum absolute atomic E-state index is 5.21. The van der Waals surface area contributed by atoms with Gasteiger partial charge in [0.15, 0.2) is 11.5 Å². The number of rotatable bonds is 4. The fourth-order valence-electron chi connectivity index (χ4n) is 1.27. The maximum atomic E-state index is 5.21. The predicted molar refractivity (Wildman–Crippen MR) is 64.1 cm³/mol. The van der Waals surface area contributed by atoms with Crippen LogP contribution < -0.4 is 14.2 Å². The molecule has 15 heavy (non-hydrogen) atoms. The molecule has 4 heteroatoms. The molecule has 1 rings (SSSR count). The van der Waals surface area contributed by atoms with Crippen LogP contribution in [0.25, 0.3) is 6.08 Å². The van der Waals surface area contributed by atoms with E-state index in [4.69, 9.17) is 14.2 Å². The number of halogens is 1. The zero-order valence-electron chi connectivity index (χ0n) is 8.91. The summed E-state index contributed by atoms with van der Waals surface area (Å²) in [7, 11) is 4.78. The van der Waals surface area contributed by atoms with Crippen molar-refractivity contribution in [2.45, 2.75) is 0 Å². The third kappa shape index (κ3) is 2.65. The molecular weight excluding hydrogens is 260 g/mol. The zero-order chi connectivity index (χ0) is 11.3. The van der Waals surface area contributed by atoms with Gasteiger partial charge in [-0.25, -0.2) is 0 Å². The van der Waals surface area contributed by atoms with Gasteiger partial charge in [-0.2, -0.15) is 0 Å². The molecule has 0 N–H and O–H groups in total. The topological polar surface area (TPSA) is 27.7 Å². The molecule has 0 unspecified atom stereocenters. The van der Waals surface area contributed by atoms with Crippen LogP contribution in [0.15, 0.2) is 17.1 Å². The molecule has 0 aliphatic heterocycles. The summed E-state index contributed by atoms with van der Waals surface area (Å²) in [5.41, 5.74) is 0.973. The van der Waals surface area contributed by atoms with E-state index < -0.39 is 0 Å². The first-order valence-corrected chi connectivity index (χ1v) is 5.25. The van der Waals surface area contributed by atoms with Crippen molar-refractivity contribution in [1.82, 2.24) is 0 Å². The largest absolute Gasteiger partial charge is 0.493 e. The summed E-state index contributed by atoms with van der Waals surface area (Å²) in [5.74, 6) is 1.90. The summed E-state index contributed by atoms with van der Waals surface area (Å²) >= 11 is 3.22. The second-order valence-corrected chi connectivity index (χ2v) is 3.28. The number of benzene rings is 1. The van der Waals surface area contributed by atoms with Crippen LogP contribution in [-0.2, 0) is 0 Å². The molecule has 0 saturated carbocycles. The number of hydrogen-bond acceptors (Lipinski definition) is 3. The van der Waals surface area contributed by atoms with E-state index in [1.165, 1.54) is 0 Å². The summed E-state index contributed by atoms with van der Waals surface area (Å²) in [6, 6.07) is 3.75. The predicted octanol–water partition coefficient (Wildman–Crippen LogP) is 3.08. The molecular formula is C11H13BrO3. The van der Waals surface area contributed by atoms with Gasteiger partial charge >= 0.3 is 0 Å². The van der Waals surface area contributed by atoms with E-state index in [1.807, 2.05) is 18.2 Å². The maximum Gasteiger partial charge on any atom is 0.203 e. The van der Waals surface area contributed by atoms with E-state index in [2.05, 4.69) is 15.9 Å². The van der Waals surface area contributed by atoms with Gasteiger partial charge in [0.25, 0.3) is 0 Å². The highest BCUT2D eigenvalue weighted by atomic mass is 79.9. The molecule has 0 saturated heterocycles. The Morgan fingerprint density at radius 3 is 1.87 bits per heavy atom. The Balaban J connectivity index is 3.28. The Hall–Kier alpha value is -1.16. The molecule has 0 atom stereocenters. The van der Waals surface area contributed by atoms with Gasteiger partial charge < -0.3 is 14.2 Å². The van der Waals surface area contributed by atoms with Gasteiger partial charge in [0.2, 0.25) is 5.75 Å². The molecule has 0 bridgehead atoms. The fraction of sp³-hybridized carbons (Fsp3) is 0.273. The summed E-state index contributed by atoms with van der Waals surface area (Å²) < 4.78 is 15.6. The molecule has 1 aromatic rings. The highest BCUT2D eigenvalue weighted by molar-refractivity contribution is 9.11. The van der Waals surface area contributed by atoms with E-state index in [0.717, 1.165) is 5.56 Å². The lowest BCUT2D eigenvalue weighted by atomic mass is 10.2. The standard InChI is InChI=1S/C11H13BrO3/c1-13-9-6-8(4-5-12)7-10(14-2)11(9)15-3/h4-7H,1-3H3/b5-4+. The molecule has 0 heterocycles. The third-order valence-corrected chi connectivity index (χ3v) is 2.21. The summed E-state index contributed by atoms with van der Waals surface area (Å²) in [6.45, 7) is 0. The number of ether oxygens (including phenoxy) is 3. The lowest BCUT2D eigenvalue weighted by molar-refractivity contribution is 0.324.